The summed E-state index contributed by atoms with van der Waals surface area (Å²) in [6.45, 7) is 0.185. The van der Waals surface area contributed by atoms with E-state index in [2.05, 4.69) is 15.9 Å². The Labute approximate surface area is 124 Å². The van der Waals surface area contributed by atoms with E-state index >= 15 is 0 Å². The van der Waals surface area contributed by atoms with E-state index < -0.39 is 27.8 Å². The van der Waals surface area contributed by atoms with Crippen molar-refractivity contribution in [1.29, 1.82) is 0 Å². The van der Waals surface area contributed by atoms with Gasteiger partial charge in [-0.05, 0) is 40.9 Å². The fourth-order valence-electron chi connectivity index (χ4n) is 2.21. The zero-order valence-corrected chi connectivity index (χ0v) is 12.7. The highest BCUT2D eigenvalue weighted by molar-refractivity contribution is 9.10. The van der Waals surface area contributed by atoms with E-state index in [1.165, 1.54) is 0 Å². The zero-order valence-electron chi connectivity index (χ0n) is 10.3. The monoisotopic (exact) mass is 365 g/mol. The minimum atomic E-state index is -3.99. The molecule has 0 radical (unpaired) electrons. The molecule has 1 aromatic rings. The van der Waals surface area contributed by atoms with Gasteiger partial charge < -0.3 is 11.5 Å². The molecular weight excluding hydrogens is 353 g/mol. The van der Waals surface area contributed by atoms with E-state index in [1.807, 2.05) is 0 Å². The van der Waals surface area contributed by atoms with Crippen LogP contribution < -0.4 is 11.5 Å². The van der Waals surface area contributed by atoms with Crippen molar-refractivity contribution >= 4 is 37.5 Å². The van der Waals surface area contributed by atoms with Gasteiger partial charge in [-0.1, -0.05) is 0 Å². The number of benzene rings is 1. The minimum absolute atomic E-state index is 0.0138. The Morgan fingerprint density at radius 2 is 2.10 bits per heavy atom. The molecule has 6 nitrogen and oxygen atoms in total. The van der Waals surface area contributed by atoms with E-state index in [0.717, 1.165) is 16.4 Å². The molecule has 2 rings (SSSR count). The summed E-state index contributed by atoms with van der Waals surface area (Å²) in [5, 5.41) is 0. The second-order valence-electron chi connectivity index (χ2n) is 4.48. The molecule has 1 heterocycles. The van der Waals surface area contributed by atoms with E-state index in [4.69, 9.17) is 11.5 Å². The van der Waals surface area contributed by atoms with E-state index in [-0.39, 0.29) is 21.6 Å². The number of amides is 1. The van der Waals surface area contributed by atoms with E-state index in [1.54, 1.807) is 0 Å². The average Bonchev–Trinajstić information content (AvgIpc) is 2.83. The van der Waals surface area contributed by atoms with Gasteiger partial charge in [-0.25, -0.2) is 12.8 Å². The molecule has 1 unspecified atom stereocenters. The van der Waals surface area contributed by atoms with Crippen LogP contribution in [0, 0.1) is 5.82 Å². The van der Waals surface area contributed by atoms with Crippen molar-refractivity contribution in [1.82, 2.24) is 4.31 Å². The van der Waals surface area contributed by atoms with Crippen molar-refractivity contribution in [3.8, 4) is 0 Å². The van der Waals surface area contributed by atoms with Crippen LogP contribution in [0.25, 0.3) is 0 Å². The van der Waals surface area contributed by atoms with E-state index in [0.29, 0.717) is 12.8 Å². The van der Waals surface area contributed by atoms with Crippen LogP contribution >= 0.6 is 15.9 Å². The first-order valence-corrected chi connectivity index (χ1v) is 8.04. The normalized spacial score (nSPS) is 20.2. The van der Waals surface area contributed by atoms with Gasteiger partial charge in [0.1, 0.15) is 16.8 Å². The lowest BCUT2D eigenvalue weighted by molar-refractivity contribution is -0.121. The highest BCUT2D eigenvalue weighted by Gasteiger charge is 2.39. The molecule has 110 valence electrons. The number of rotatable bonds is 3. The Kier molecular flexibility index (Phi) is 4.03. The van der Waals surface area contributed by atoms with Gasteiger partial charge in [-0.3, -0.25) is 4.79 Å². The van der Waals surface area contributed by atoms with Crippen LogP contribution in [0.15, 0.2) is 21.5 Å². The van der Waals surface area contributed by atoms with Crippen LogP contribution in [0.3, 0.4) is 0 Å². The molecule has 1 aliphatic heterocycles. The minimum Gasteiger partial charge on any atom is -0.398 e. The van der Waals surface area contributed by atoms with Crippen molar-refractivity contribution in [3.63, 3.8) is 0 Å². The van der Waals surface area contributed by atoms with Gasteiger partial charge >= 0.3 is 0 Å². The molecule has 1 aliphatic rings. The largest absolute Gasteiger partial charge is 0.398 e. The third-order valence-electron chi connectivity index (χ3n) is 3.17. The smallest absolute Gasteiger partial charge is 0.245 e. The molecule has 20 heavy (non-hydrogen) atoms. The van der Waals surface area contributed by atoms with Gasteiger partial charge in [0.15, 0.2) is 0 Å². The molecule has 0 aliphatic carbocycles. The Morgan fingerprint density at radius 3 is 2.70 bits per heavy atom. The quantitative estimate of drug-likeness (QED) is 0.772. The van der Waals surface area contributed by atoms with Gasteiger partial charge in [0.25, 0.3) is 0 Å². The van der Waals surface area contributed by atoms with Crippen LogP contribution in [0.5, 0.6) is 0 Å². The van der Waals surface area contributed by atoms with Crippen LogP contribution in [0.2, 0.25) is 0 Å². The number of carbonyl (C=O) groups excluding carboxylic acids is 1. The van der Waals surface area contributed by atoms with Crippen molar-refractivity contribution in [2.24, 2.45) is 5.73 Å². The maximum Gasteiger partial charge on any atom is 0.245 e. The predicted octanol–water partition coefficient (Wildman–Crippen LogP) is 0.809. The molecule has 0 bridgehead atoms. The SMILES string of the molecule is NC(=O)C1CCCN1S(=O)(=O)c1cc(Br)c(F)cc1N. The van der Waals surface area contributed by atoms with Crippen LogP contribution in [-0.4, -0.2) is 31.2 Å². The second-order valence-corrected chi connectivity index (χ2v) is 7.19. The molecule has 4 N–H and O–H groups in total. The summed E-state index contributed by atoms with van der Waals surface area (Å²) in [5.74, 6) is -1.36. The van der Waals surface area contributed by atoms with Crippen molar-refractivity contribution in [2.75, 3.05) is 12.3 Å². The van der Waals surface area contributed by atoms with Crippen molar-refractivity contribution < 1.29 is 17.6 Å². The zero-order chi connectivity index (χ0) is 15.1. The predicted molar refractivity (Wildman–Crippen MR) is 74.6 cm³/mol. The highest BCUT2D eigenvalue weighted by Crippen LogP contribution is 2.32. The summed E-state index contributed by atoms with van der Waals surface area (Å²) in [5.41, 5.74) is 10.6. The van der Waals surface area contributed by atoms with Gasteiger partial charge in [-0.2, -0.15) is 4.31 Å². The summed E-state index contributed by atoms with van der Waals surface area (Å²) in [6.07, 6.45) is 0.909. The second kappa shape index (κ2) is 5.30. The summed E-state index contributed by atoms with van der Waals surface area (Å²) in [7, 11) is -3.99. The number of nitrogens with zero attached hydrogens (tertiary/aromatic N) is 1. The fourth-order valence-corrected chi connectivity index (χ4v) is 4.49. The summed E-state index contributed by atoms with van der Waals surface area (Å²) in [6, 6.07) is 1.13. The first kappa shape index (κ1) is 15.2. The average molecular weight is 366 g/mol. The number of nitrogen functional groups attached to an aromatic ring is 1. The molecular formula is C11H13BrFN3O3S. The number of primary amides is 1. The number of anilines is 1. The van der Waals surface area contributed by atoms with Gasteiger partial charge in [0.05, 0.1) is 10.2 Å². The molecule has 1 atom stereocenters. The first-order chi connectivity index (χ1) is 9.25. The number of hydrogen-bond donors (Lipinski definition) is 2. The molecule has 1 fully saturated rings. The van der Waals surface area contributed by atoms with Crippen LogP contribution in [-0.2, 0) is 14.8 Å². The summed E-state index contributed by atoms with van der Waals surface area (Å²) >= 11 is 2.92. The van der Waals surface area contributed by atoms with Gasteiger partial charge in [0.2, 0.25) is 15.9 Å². The van der Waals surface area contributed by atoms with Crippen LogP contribution in [0.4, 0.5) is 10.1 Å². The molecule has 1 saturated heterocycles. The molecule has 1 amide bonds. The van der Waals surface area contributed by atoms with Crippen LogP contribution in [0.1, 0.15) is 12.8 Å². The number of nitrogens with two attached hydrogens (primary N) is 2. The molecule has 0 spiro atoms. The Hall–Kier alpha value is -1.19. The fraction of sp³-hybridized carbons (Fsp3) is 0.364. The molecule has 0 aromatic heterocycles. The number of carbonyl (C=O) groups is 1. The molecule has 0 saturated carbocycles. The van der Waals surface area contributed by atoms with Gasteiger partial charge in [0, 0.05) is 6.54 Å². The van der Waals surface area contributed by atoms with Crippen molar-refractivity contribution in [2.45, 2.75) is 23.8 Å². The maximum absolute atomic E-state index is 13.3. The molecule has 1 aromatic carbocycles. The van der Waals surface area contributed by atoms with E-state index in [9.17, 15) is 17.6 Å². The third kappa shape index (κ3) is 2.52. The Balaban J connectivity index is 2.50. The summed E-state index contributed by atoms with van der Waals surface area (Å²) < 4.78 is 39.4. The Morgan fingerprint density at radius 1 is 1.45 bits per heavy atom. The number of halogens is 2. The maximum atomic E-state index is 13.3. The lowest BCUT2D eigenvalue weighted by Gasteiger charge is -2.22. The Bertz CT molecular complexity index is 665. The highest BCUT2D eigenvalue weighted by atomic mass is 79.9. The molecule has 9 heteroatoms. The lowest BCUT2D eigenvalue weighted by Crippen LogP contribution is -2.43. The first-order valence-electron chi connectivity index (χ1n) is 5.81. The number of sulfonamides is 1. The topological polar surface area (TPSA) is 106 Å². The summed E-state index contributed by atoms with van der Waals surface area (Å²) in [4.78, 5) is 11.1. The standard InChI is InChI=1S/C11H13BrFN3O3S/c12-6-4-10(8(14)5-7(6)13)20(18,19)16-3-1-2-9(16)11(15)17/h4-5,9H,1-3,14H2,(H2,15,17). The lowest BCUT2D eigenvalue weighted by atomic mass is 10.2. The third-order valence-corrected chi connectivity index (χ3v) is 5.74. The van der Waals surface area contributed by atoms with Crippen molar-refractivity contribution in [3.05, 3.63) is 22.4 Å². The van der Waals surface area contributed by atoms with Gasteiger partial charge in [-0.15, -0.1) is 0 Å². The number of hydrogen-bond acceptors (Lipinski definition) is 4.